The fraction of sp³-hybridized carbons (Fsp3) is 0.208. The van der Waals surface area contributed by atoms with Gasteiger partial charge in [0.2, 0.25) is 0 Å². The highest BCUT2D eigenvalue weighted by molar-refractivity contribution is 7.93. The summed E-state index contributed by atoms with van der Waals surface area (Å²) in [7, 11) is -2.67. The number of aromatic nitrogens is 1. The number of pyridine rings is 1. The highest BCUT2D eigenvalue weighted by Gasteiger charge is 2.38. The van der Waals surface area contributed by atoms with Crippen molar-refractivity contribution in [1.29, 1.82) is 0 Å². The van der Waals surface area contributed by atoms with E-state index in [2.05, 4.69) is 4.98 Å². The Hall–Kier alpha value is -3.92. The summed E-state index contributed by atoms with van der Waals surface area (Å²) < 4.78 is 40.1. The van der Waals surface area contributed by atoms with Gasteiger partial charge in [-0.2, -0.15) is 0 Å². The smallest absolute Gasteiger partial charge is 0.280 e. The van der Waals surface area contributed by atoms with Crippen molar-refractivity contribution in [2.24, 2.45) is 0 Å². The number of nitrogens with zero attached hydrogens (tertiary/aromatic N) is 3. The van der Waals surface area contributed by atoms with Gasteiger partial charge in [0.25, 0.3) is 21.8 Å². The van der Waals surface area contributed by atoms with Crippen LogP contribution in [0.2, 0.25) is 0 Å². The van der Waals surface area contributed by atoms with Crippen LogP contribution in [-0.4, -0.2) is 49.9 Å². The first kappa shape index (κ1) is 21.9. The van der Waals surface area contributed by atoms with E-state index in [4.69, 9.17) is 9.47 Å². The fourth-order valence-electron chi connectivity index (χ4n) is 4.16. The number of sulfonamides is 1. The summed E-state index contributed by atoms with van der Waals surface area (Å²) in [6.07, 6.45) is 1.09. The average molecular weight is 480 g/mol. The largest absolute Gasteiger partial charge is 0.495 e. The minimum atomic E-state index is -4.06. The Bertz CT molecular complexity index is 1390. The van der Waals surface area contributed by atoms with Gasteiger partial charge in [0, 0.05) is 6.20 Å². The lowest BCUT2D eigenvalue weighted by Gasteiger charge is -2.34. The zero-order valence-corrected chi connectivity index (χ0v) is 19.3. The Labute approximate surface area is 196 Å². The summed E-state index contributed by atoms with van der Waals surface area (Å²) in [5, 5.41) is 0. The van der Waals surface area contributed by atoms with Crippen LogP contribution in [0, 0.1) is 0 Å². The highest BCUT2D eigenvalue weighted by Crippen LogP contribution is 2.39. The van der Waals surface area contributed by atoms with Gasteiger partial charge < -0.3 is 9.47 Å². The summed E-state index contributed by atoms with van der Waals surface area (Å²) in [4.78, 5) is 30.5. The first-order valence-corrected chi connectivity index (χ1v) is 12.0. The van der Waals surface area contributed by atoms with Crippen LogP contribution >= 0.6 is 0 Å². The first-order valence-electron chi connectivity index (χ1n) is 10.6. The molecule has 2 aliphatic heterocycles. The number of carbonyl (C=O) groups excluding carboxylic acids is 2. The Morgan fingerprint density at radius 1 is 1.09 bits per heavy atom. The minimum absolute atomic E-state index is 0.0638. The molecule has 3 aromatic rings. The van der Waals surface area contributed by atoms with Crippen LogP contribution in [0.1, 0.15) is 33.3 Å². The van der Waals surface area contributed by atoms with Gasteiger partial charge in [0.1, 0.15) is 28.2 Å². The van der Waals surface area contributed by atoms with Crippen molar-refractivity contribution < 1.29 is 27.5 Å². The molecule has 0 unspecified atom stereocenters. The monoisotopic (exact) mass is 479 g/mol. The topological polar surface area (TPSA) is 106 Å². The molecule has 2 aliphatic rings. The van der Waals surface area contributed by atoms with Crippen LogP contribution in [0.4, 0.5) is 5.69 Å². The Balaban J connectivity index is 1.53. The number of para-hydroxylation sites is 2. The van der Waals surface area contributed by atoms with E-state index in [0.29, 0.717) is 17.0 Å². The maximum atomic E-state index is 13.8. The maximum absolute atomic E-state index is 13.8. The third-order valence-electron chi connectivity index (χ3n) is 5.75. The first-order chi connectivity index (χ1) is 16.3. The summed E-state index contributed by atoms with van der Waals surface area (Å²) >= 11 is 0. The van der Waals surface area contributed by atoms with Gasteiger partial charge in [-0.15, -0.1) is 0 Å². The Morgan fingerprint density at radius 2 is 1.88 bits per heavy atom. The van der Waals surface area contributed by atoms with Gasteiger partial charge in [-0.05, 0) is 48.9 Å². The molecule has 3 heterocycles. The second-order valence-corrected chi connectivity index (χ2v) is 9.84. The van der Waals surface area contributed by atoms with E-state index in [0.717, 1.165) is 4.90 Å². The van der Waals surface area contributed by atoms with E-state index in [1.165, 1.54) is 29.7 Å². The van der Waals surface area contributed by atoms with Gasteiger partial charge in [0.05, 0.1) is 31.5 Å². The molecule has 0 bridgehead atoms. The van der Waals surface area contributed by atoms with E-state index in [-0.39, 0.29) is 41.1 Å². The van der Waals surface area contributed by atoms with Crippen molar-refractivity contribution >= 4 is 27.5 Å². The van der Waals surface area contributed by atoms with Gasteiger partial charge in [-0.3, -0.25) is 23.8 Å². The van der Waals surface area contributed by atoms with Crippen molar-refractivity contribution in [3.63, 3.8) is 0 Å². The lowest BCUT2D eigenvalue weighted by atomic mass is 10.2. The molecule has 5 rings (SSSR count). The number of hydrogen-bond acceptors (Lipinski definition) is 7. The van der Waals surface area contributed by atoms with Crippen LogP contribution in [0.5, 0.6) is 11.5 Å². The molecule has 1 aromatic heterocycles. The number of rotatable bonds is 5. The van der Waals surface area contributed by atoms with Crippen LogP contribution in [0.3, 0.4) is 0 Å². The van der Waals surface area contributed by atoms with Crippen molar-refractivity contribution in [2.75, 3.05) is 18.0 Å². The number of fused-ring (bicyclic) bond motifs is 2. The number of methoxy groups -OCH3 is 1. The van der Waals surface area contributed by atoms with Crippen molar-refractivity contribution in [2.45, 2.75) is 24.5 Å². The molecular formula is C24H21N3O6S. The van der Waals surface area contributed by atoms with Gasteiger partial charge in [-0.25, -0.2) is 8.42 Å². The number of benzene rings is 2. The molecule has 174 valence electrons. The Kier molecular flexibility index (Phi) is 5.24. The predicted molar refractivity (Wildman–Crippen MR) is 122 cm³/mol. The molecule has 0 aliphatic carbocycles. The molecule has 1 atom stereocenters. The zero-order chi connectivity index (χ0) is 24.0. The van der Waals surface area contributed by atoms with Crippen LogP contribution in [0.25, 0.3) is 0 Å². The molecule has 2 aromatic carbocycles. The lowest BCUT2D eigenvalue weighted by Crippen LogP contribution is -2.42. The van der Waals surface area contributed by atoms with E-state index in [1.54, 1.807) is 49.4 Å². The highest BCUT2D eigenvalue weighted by atomic mass is 32.2. The number of imide groups is 1. The molecular weight excluding hydrogens is 458 g/mol. The SMILES string of the molecule is COc1ccc(CN2C(=O)c3cccnc3C2=O)cc1S(=O)(=O)N1C[C@@H](C)Oc2ccccc21. The summed E-state index contributed by atoms with van der Waals surface area (Å²) in [6, 6.07) is 14.6. The average Bonchev–Trinajstić information content (AvgIpc) is 3.08. The second kappa shape index (κ2) is 8.14. The molecule has 0 spiro atoms. The maximum Gasteiger partial charge on any atom is 0.280 e. The van der Waals surface area contributed by atoms with Crippen LogP contribution < -0.4 is 13.8 Å². The third kappa shape index (κ3) is 3.47. The Morgan fingerprint density at radius 3 is 2.65 bits per heavy atom. The molecule has 0 saturated carbocycles. The zero-order valence-electron chi connectivity index (χ0n) is 18.5. The summed E-state index contributed by atoms with van der Waals surface area (Å²) in [6.45, 7) is 1.82. The van der Waals surface area contributed by atoms with Crippen molar-refractivity contribution in [1.82, 2.24) is 9.88 Å². The molecule has 2 amide bonds. The van der Waals surface area contributed by atoms with Crippen molar-refractivity contribution in [3.05, 3.63) is 77.6 Å². The fourth-order valence-corrected chi connectivity index (χ4v) is 5.92. The van der Waals surface area contributed by atoms with E-state index < -0.39 is 21.8 Å². The molecule has 10 heteroatoms. The third-order valence-corrected chi connectivity index (χ3v) is 7.55. The van der Waals surface area contributed by atoms with Crippen LogP contribution in [0.15, 0.2) is 65.7 Å². The molecule has 0 fully saturated rings. The number of carbonyl (C=O) groups is 2. The van der Waals surface area contributed by atoms with Gasteiger partial charge >= 0.3 is 0 Å². The number of anilines is 1. The molecule has 0 radical (unpaired) electrons. The van der Waals surface area contributed by atoms with E-state index in [1.807, 2.05) is 0 Å². The standard InChI is InChI=1S/C24H21N3O6S/c1-15-13-27(18-7-3-4-8-19(18)33-15)34(30,31)21-12-16(9-10-20(21)32-2)14-26-23(28)17-6-5-11-25-22(17)24(26)29/h3-12,15H,13-14H2,1-2H3/t15-/m1/s1. The quantitative estimate of drug-likeness (QED) is 0.518. The predicted octanol–water partition coefficient (Wildman–Crippen LogP) is 2.86. The number of hydrogen-bond donors (Lipinski definition) is 0. The van der Waals surface area contributed by atoms with Crippen molar-refractivity contribution in [3.8, 4) is 11.5 Å². The van der Waals surface area contributed by atoms with Gasteiger partial charge in [-0.1, -0.05) is 18.2 Å². The molecule has 0 N–H and O–H groups in total. The number of ether oxygens (including phenoxy) is 2. The van der Waals surface area contributed by atoms with Crippen LogP contribution in [-0.2, 0) is 16.6 Å². The van der Waals surface area contributed by atoms with E-state index in [9.17, 15) is 18.0 Å². The second-order valence-electron chi connectivity index (χ2n) is 8.01. The lowest BCUT2D eigenvalue weighted by molar-refractivity contribution is 0.0640. The van der Waals surface area contributed by atoms with E-state index >= 15 is 0 Å². The van der Waals surface area contributed by atoms with Gasteiger partial charge in [0.15, 0.2) is 0 Å². The molecule has 0 saturated heterocycles. The summed E-state index contributed by atoms with van der Waals surface area (Å²) in [5.41, 5.74) is 1.21. The normalized spacial score (nSPS) is 17.3. The minimum Gasteiger partial charge on any atom is -0.495 e. The molecule has 34 heavy (non-hydrogen) atoms. The number of amides is 2. The molecule has 9 nitrogen and oxygen atoms in total. The summed E-state index contributed by atoms with van der Waals surface area (Å²) in [5.74, 6) is -0.358.